The van der Waals surface area contributed by atoms with Gasteiger partial charge in [0.1, 0.15) is 17.8 Å². The Labute approximate surface area is 185 Å². The standard InChI is InChI=1S/C24H20ClN5O/c1-15(2)30-14-26-28-23(30)21-4-3-5-22(27-21)29-13-18-7-6-17(12-20(18)24(29)31)16-8-10-19(25)11-9-16/h3-12,14-15H,13H2,1-2H3. The van der Waals surface area contributed by atoms with E-state index in [0.29, 0.717) is 34.5 Å². The number of rotatable bonds is 4. The summed E-state index contributed by atoms with van der Waals surface area (Å²) in [6.07, 6.45) is 1.70. The fourth-order valence-electron chi connectivity index (χ4n) is 3.81. The summed E-state index contributed by atoms with van der Waals surface area (Å²) in [5.41, 5.74) is 4.38. The van der Waals surface area contributed by atoms with Gasteiger partial charge in [0.15, 0.2) is 5.82 Å². The van der Waals surface area contributed by atoms with Crippen LogP contribution in [-0.4, -0.2) is 25.7 Å². The predicted molar refractivity (Wildman–Crippen MR) is 121 cm³/mol. The zero-order valence-corrected chi connectivity index (χ0v) is 17.9. The molecular weight excluding hydrogens is 410 g/mol. The molecule has 1 aliphatic heterocycles. The monoisotopic (exact) mass is 429 g/mol. The molecule has 0 atom stereocenters. The lowest BCUT2D eigenvalue weighted by Crippen LogP contribution is -2.24. The molecule has 3 heterocycles. The summed E-state index contributed by atoms with van der Waals surface area (Å²) >= 11 is 6.00. The Balaban J connectivity index is 1.47. The van der Waals surface area contributed by atoms with Crippen LogP contribution in [0.5, 0.6) is 0 Å². The molecule has 0 fully saturated rings. The molecule has 0 saturated heterocycles. The molecule has 2 aromatic carbocycles. The number of benzene rings is 2. The molecule has 1 aliphatic rings. The second kappa shape index (κ2) is 7.63. The summed E-state index contributed by atoms with van der Waals surface area (Å²) in [4.78, 5) is 19.7. The van der Waals surface area contributed by atoms with Crippen molar-refractivity contribution in [3.63, 3.8) is 0 Å². The number of pyridine rings is 1. The molecule has 31 heavy (non-hydrogen) atoms. The first-order valence-corrected chi connectivity index (χ1v) is 10.5. The van der Waals surface area contributed by atoms with E-state index in [-0.39, 0.29) is 11.9 Å². The maximum absolute atomic E-state index is 13.2. The van der Waals surface area contributed by atoms with Gasteiger partial charge >= 0.3 is 0 Å². The number of hydrogen-bond donors (Lipinski definition) is 0. The first kappa shape index (κ1) is 19.5. The van der Waals surface area contributed by atoms with Gasteiger partial charge in [0.2, 0.25) is 0 Å². The molecule has 0 spiro atoms. The van der Waals surface area contributed by atoms with E-state index in [1.807, 2.05) is 65.2 Å². The molecule has 0 radical (unpaired) electrons. The van der Waals surface area contributed by atoms with Crippen molar-refractivity contribution in [2.24, 2.45) is 0 Å². The number of anilines is 1. The largest absolute Gasteiger partial charge is 0.310 e. The third-order valence-corrected chi connectivity index (χ3v) is 5.71. The van der Waals surface area contributed by atoms with E-state index in [1.54, 1.807) is 11.2 Å². The van der Waals surface area contributed by atoms with Gasteiger partial charge in [-0.3, -0.25) is 9.69 Å². The van der Waals surface area contributed by atoms with E-state index in [4.69, 9.17) is 16.6 Å². The van der Waals surface area contributed by atoms with Crippen molar-refractivity contribution in [1.82, 2.24) is 19.7 Å². The van der Waals surface area contributed by atoms with Gasteiger partial charge in [-0.05, 0) is 60.9 Å². The van der Waals surface area contributed by atoms with Gasteiger partial charge in [0.25, 0.3) is 5.91 Å². The van der Waals surface area contributed by atoms with E-state index >= 15 is 0 Å². The third-order valence-electron chi connectivity index (χ3n) is 5.46. The summed E-state index contributed by atoms with van der Waals surface area (Å²) in [5, 5.41) is 8.93. The van der Waals surface area contributed by atoms with Crippen LogP contribution in [0.3, 0.4) is 0 Å². The number of amides is 1. The molecule has 6 nitrogen and oxygen atoms in total. The van der Waals surface area contributed by atoms with Crippen molar-refractivity contribution in [2.45, 2.75) is 26.4 Å². The minimum atomic E-state index is -0.0548. The highest BCUT2D eigenvalue weighted by Gasteiger charge is 2.30. The fourth-order valence-corrected chi connectivity index (χ4v) is 3.94. The highest BCUT2D eigenvalue weighted by Crippen LogP contribution is 2.32. The van der Waals surface area contributed by atoms with Crippen molar-refractivity contribution in [2.75, 3.05) is 4.90 Å². The van der Waals surface area contributed by atoms with E-state index in [1.165, 1.54) is 0 Å². The molecule has 0 unspecified atom stereocenters. The third kappa shape index (κ3) is 3.49. The molecule has 0 N–H and O–H groups in total. The van der Waals surface area contributed by atoms with Crippen LogP contribution in [-0.2, 0) is 6.54 Å². The van der Waals surface area contributed by atoms with Crippen LogP contribution in [0.2, 0.25) is 5.02 Å². The number of aromatic nitrogens is 4. The lowest BCUT2D eigenvalue weighted by Gasteiger charge is -2.16. The summed E-state index contributed by atoms with van der Waals surface area (Å²) in [5.74, 6) is 1.23. The van der Waals surface area contributed by atoms with Crippen molar-refractivity contribution < 1.29 is 4.79 Å². The molecule has 7 heteroatoms. The molecule has 0 saturated carbocycles. The zero-order chi connectivity index (χ0) is 21.5. The Kier molecular flexibility index (Phi) is 4.79. The van der Waals surface area contributed by atoms with Gasteiger partial charge in [-0.15, -0.1) is 10.2 Å². The van der Waals surface area contributed by atoms with Crippen molar-refractivity contribution in [1.29, 1.82) is 0 Å². The molecule has 154 valence electrons. The normalized spacial score (nSPS) is 13.2. The van der Waals surface area contributed by atoms with Gasteiger partial charge < -0.3 is 4.57 Å². The van der Waals surface area contributed by atoms with Crippen LogP contribution in [0.15, 0.2) is 67.0 Å². The number of nitrogens with zero attached hydrogens (tertiary/aromatic N) is 5. The Bertz CT molecular complexity index is 1280. The summed E-state index contributed by atoms with van der Waals surface area (Å²) in [6.45, 7) is 4.62. The first-order valence-electron chi connectivity index (χ1n) is 10.1. The average Bonchev–Trinajstić information content (AvgIpc) is 3.40. The molecule has 4 aromatic rings. The second-order valence-electron chi connectivity index (χ2n) is 7.81. The Hall–Kier alpha value is -3.51. The topological polar surface area (TPSA) is 63.9 Å². The number of carbonyl (C=O) groups is 1. The fraction of sp³-hybridized carbons (Fsp3) is 0.167. The number of carbonyl (C=O) groups excluding carboxylic acids is 1. The van der Waals surface area contributed by atoms with E-state index in [9.17, 15) is 4.79 Å². The Morgan fingerprint density at radius 1 is 1.00 bits per heavy atom. The summed E-state index contributed by atoms with van der Waals surface area (Å²) in [7, 11) is 0. The van der Waals surface area contributed by atoms with Crippen LogP contribution in [0, 0.1) is 0 Å². The van der Waals surface area contributed by atoms with Gasteiger partial charge in [-0.25, -0.2) is 4.98 Å². The maximum Gasteiger partial charge on any atom is 0.260 e. The van der Waals surface area contributed by atoms with Gasteiger partial charge in [0.05, 0.1) is 6.54 Å². The number of fused-ring (bicyclic) bond motifs is 1. The molecule has 5 rings (SSSR count). The maximum atomic E-state index is 13.2. The van der Waals surface area contributed by atoms with E-state index in [2.05, 4.69) is 24.0 Å². The van der Waals surface area contributed by atoms with Crippen LogP contribution in [0.4, 0.5) is 5.82 Å². The first-order chi connectivity index (χ1) is 15.0. The predicted octanol–water partition coefficient (Wildman–Crippen LogP) is 5.40. The zero-order valence-electron chi connectivity index (χ0n) is 17.2. The van der Waals surface area contributed by atoms with E-state index < -0.39 is 0 Å². The minimum absolute atomic E-state index is 0.0548. The summed E-state index contributed by atoms with van der Waals surface area (Å²) < 4.78 is 1.96. The van der Waals surface area contributed by atoms with Gasteiger partial charge in [-0.2, -0.15) is 0 Å². The Morgan fingerprint density at radius 3 is 2.55 bits per heavy atom. The highest BCUT2D eigenvalue weighted by atomic mass is 35.5. The molecule has 1 amide bonds. The SMILES string of the molecule is CC(C)n1cnnc1-c1cccc(N2Cc3ccc(-c4ccc(Cl)cc4)cc3C2=O)n1. The number of hydrogen-bond acceptors (Lipinski definition) is 4. The second-order valence-corrected chi connectivity index (χ2v) is 8.24. The molecule has 2 aromatic heterocycles. The number of halogens is 1. The van der Waals surface area contributed by atoms with Crippen molar-refractivity contribution in [3.05, 3.63) is 83.1 Å². The van der Waals surface area contributed by atoms with Crippen LogP contribution in [0.25, 0.3) is 22.6 Å². The smallest absolute Gasteiger partial charge is 0.260 e. The van der Waals surface area contributed by atoms with Crippen molar-refractivity contribution in [3.8, 4) is 22.6 Å². The average molecular weight is 430 g/mol. The summed E-state index contributed by atoms with van der Waals surface area (Å²) in [6, 6.07) is 19.4. The molecular formula is C24H20ClN5O. The Morgan fingerprint density at radius 2 is 1.77 bits per heavy atom. The quantitative estimate of drug-likeness (QED) is 0.435. The lowest BCUT2D eigenvalue weighted by molar-refractivity contribution is 0.0996. The van der Waals surface area contributed by atoms with Crippen molar-refractivity contribution >= 4 is 23.3 Å². The van der Waals surface area contributed by atoms with Gasteiger partial charge in [-0.1, -0.05) is 41.9 Å². The lowest BCUT2D eigenvalue weighted by atomic mass is 10.0. The molecule has 0 aliphatic carbocycles. The minimum Gasteiger partial charge on any atom is -0.310 e. The van der Waals surface area contributed by atoms with Crippen LogP contribution >= 0.6 is 11.6 Å². The van der Waals surface area contributed by atoms with Crippen LogP contribution < -0.4 is 4.90 Å². The van der Waals surface area contributed by atoms with Crippen LogP contribution in [0.1, 0.15) is 35.8 Å². The van der Waals surface area contributed by atoms with E-state index in [0.717, 1.165) is 16.7 Å². The molecule has 0 bridgehead atoms. The van der Waals surface area contributed by atoms with Gasteiger partial charge in [0, 0.05) is 16.6 Å². The highest BCUT2D eigenvalue weighted by molar-refractivity contribution is 6.30.